The lowest BCUT2D eigenvalue weighted by atomic mass is 10.1. The van der Waals surface area contributed by atoms with E-state index >= 15 is 0 Å². The second-order valence-corrected chi connectivity index (χ2v) is 3.18. The number of carboxylic acid groups (broad SMARTS) is 1. The summed E-state index contributed by atoms with van der Waals surface area (Å²) in [5.41, 5.74) is 0. The molecule has 0 aromatic rings. The van der Waals surface area contributed by atoms with Crippen LogP contribution in [0, 0.1) is 0 Å². The van der Waals surface area contributed by atoms with E-state index in [1.807, 2.05) is 0 Å². The van der Waals surface area contributed by atoms with Crippen LogP contribution in [0.4, 0.5) is 4.79 Å². The van der Waals surface area contributed by atoms with Gasteiger partial charge in [0, 0.05) is 12.6 Å². The van der Waals surface area contributed by atoms with Crippen molar-refractivity contribution in [2.45, 2.75) is 25.8 Å². The van der Waals surface area contributed by atoms with E-state index in [4.69, 9.17) is 5.11 Å². The number of piperidine rings is 1. The van der Waals surface area contributed by atoms with Crippen molar-refractivity contribution in [1.29, 1.82) is 0 Å². The maximum absolute atomic E-state index is 10.3. The van der Waals surface area contributed by atoms with Crippen LogP contribution in [0.25, 0.3) is 0 Å². The van der Waals surface area contributed by atoms with Gasteiger partial charge >= 0.3 is 6.09 Å². The minimum Gasteiger partial charge on any atom is -0.465 e. The first kappa shape index (κ1) is 9.32. The number of carbonyl (C=O) groups is 1. The molecule has 12 heavy (non-hydrogen) atoms. The van der Waals surface area contributed by atoms with Gasteiger partial charge in [-0.15, -0.1) is 0 Å². The summed E-state index contributed by atoms with van der Waals surface area (Å²) in [6.45, 7) is 5.08. The van der Waals surface area contributed by atoms with Gasteiger partial charge in [0.1, 0.15) is 0 Å². The van der Waals surface area contributed by atoms with Crippen LogP contribution in [0.1, 0.15) is 19.8 Å². The summed E-state index contributed by atoms with van der Waals surface area (Å²) in [5.74, 6) is 0. The molecule has 1 fully saturated rings. The van der Waals surface area contributed by atoms with Crippen molar-refractivity contribution in [2.24, 2.45) is 0 Å². The predicted molar refractivity (Wildman–Crippen MR) is 46.3 cm³/mol. The Labute approximate surface area is 72.6 Å². The zero-order chi connectivity index (χ0) is 8.97. The third-order valence-corrected chi connectivity index (χ3v) is 2.28. The van der Waals surface area contributed by atoms with Crippen LogP contribution in [0.3, 0.4) is 0 Å². The molecule has 0 spiro atoms. The quantitative estimate of drug-likeness (QED) is 0.646. The first-order valence-electron chi connectivity index (χ1n) is 4.44. The van der Waals surface area contributed by atoms with Crippen LogP contribution in [-0.2, 0) is 0 Å². The molecule has 1 amide bonds. The highest BCUT2D eigenvalue weighted by Crippen LogP contribution is 2.08. The molecule has 2 N–H and O–H groups in total. The van der Waals surface area contributed by atoms with Crippen LogP contribution < -0.4 is 5.32 Å². The van der Waals surface area contributed by atoms with Crippen molar-refractivity contribution in [3.05, 3.63) is 0 Å². The van der Waals surface area contributed by atoms with Crippen molar-refractivity contribution in [3.8, 4) is 0 Å². The number of likely N-dealkylation sites (N-methyl/N-ethyl adjacent to an activating group) is 1. The monoisotopic (exact) mass is 172 g/mol. The SMILES string of the molecule is CCN1CCCC(NC(=O)O)C1. The summed E-state index contributed by atoms with van der Waals surface area (Å²) in [6, 6.07) is 0.135. The van der Waals surface area contributed by atoms with Gasteiger partial charge in [0.2, 0.25) is 0 Å². The molecular formula is C8H16N2O2. The average Bonchev–Trinajstić information content (AvgIpc) is 2.03. The van der Waals surface area contributed by atoms with Gasteiger partial charge < -0.3 is 15.3 Å². The van der Waals surface area contributed by atoms with E-state index in [-0.39, 0.29) is 6.04 Å². The number of likely N-dealkylation sites (tertiary alicyclic amines) is 1. The molecule has 4 heteroatoms. The molecular weight excluding hydrogens is 156 g/mol. The Bertz CT molecular complexity index is 161. The molecule has 1 aliphatic rings. The minimum absolute atomic E-state index is 0.135. The minimum atomic E-state index is -0.905. The van der Waals surface area contributed by atoms with Crippen molar-refractivity contribution in [3.63, 3.8) is 0 Å². The van der Waals surface area contributed by atoms with Crippen molar-refractivity contribution < 1.29 is 9.90 Å². The Kier molecular flexibility index (Phi) is 3.34. The molecule has 1 rings (SSSR count). The Balaban J connectivity index is 2.30. The molecule has 1 saturated heterocycles. The number of nitrogens with zero attached hydrogens (tertiary/aromatic N) is 1. The molecule has 0 aromatic carbocycles. The predicted octanol–water partition coefficient (Wildman–Crippen LogP) is 0.738. The smallest absolute Gasteiger partial charge is 0.404 e. The first-order chi connectivity index (χ1) is 5.72. The molecule has 1 heterocycles. The molecule has 4 nitrogen and oxygen atoms in total. The van der Waals surface area contributed by atoms with Gasteiger partial charge in [-0.05, 0) is 25.9 Å². The van der Waals surface area contributed by atoms with Gasteiger partial charge in [-0.2, -0.15) is 0 Å². The highest BCUT2D eigenvalue weighted by atomic mass is 16.4. The summed E-state index contributed by atoms with van der Waals surface area (Å²) in [4.78, 5) is 12.6. The Morgan fingerprint density at radius 2 is 2.50 bits per heavy atom. The number of hydrogen-bond acceptors (Lipinski definition) is 2. The molecule has 1 atom stereocenters. The van der Waals surface area contributed by atoms with E-state index in [1.54, 1.807) is 0 Å². The van der Waals surface area contributed by atoms with E-state index in [9.17, 15) is 4.79 Å². The van der Waals surface area contributed by atoms with Crippen LogP contribution in [-0.4, -0.2) is 41.8 Å². The first-order valence-corrected chi connectivity index (χ1v) is 4.44. The van der Waals surface area contributed by atoms with Crippen LogP contribution in [0.15, 0.2) is 0 Å². The average molecular weight is 172 g/mol. The maximum atomic E-state index is 10.3. The topological polar surface area (TPSA) is 52.6 Å². The maximum Gasteiger partial charge on any atom is 0.404 e. The van der Waals surface area contributed by atoms with Gasteiger partial charge in [0.25, 0.3) is 0 Å². The third kappa shape index (κ3) is 2.70. The van der Waals surface area contributed by atoms with Crippen LogP contribution in [0.2, 0.25) is 0 Å². The number of rotatable bonds is 2. The summed E-state index contributed by atoms with van der Waals surface area (Å²) < 4.78 is 0. The van der Waals surface area contributed by atoms with E-state index in [0.29, 0.717) is 0 Å². The number of hydrogen-bond donors (Lipinski definition) is 2. The molecule has 0 bridgehead atoms. The Morgan fingerprint density at radius 3 is 3.08 bits per heavy atom. The van der Waals surface area contributed by atoms with E-state index in [0.717, 1.165) is 32.5 Å². The third-order valence-electron chi connectivity index (χ3n) is 2.28. The molecule has 0 saturated carbocycles. The second-order valence-electron chi connectivity index (χ2n) is 3.18. The molecule has 1 aliphatic heterocycles. The zero-order valence-electron chi connectivity index (χ0n) is 7.42. The summed E-state index contributed by atoms with van der Waals surface area (Å²) >= 11 is 0. The second kappa shape index (κ2) is 4.30. The molecule has 70 valence electrons. The van der Waals surface area contributed by atoms with Gasteiger partial charge in [0.15, 0.2) is 0 Å². The Morgan fingerprint density at radius 1 is 1.75 bits per heavy atom. The van der Waals surface area contributed by atoms with Gasteiger partial charge in [-0.1, -0.05) is 6.92 Å². The van der Waals surface area contributed by atoms with Gasteiger partial charge in [0.05, 0.1) is 0 Å². The fraction of sp³-hybridized carbons (Fsp3) is 0.875. The standard InChI is InChI=1S/C8H16N2O2/c1-2-10-5-3-4-7(6-10)9-8(11)12/h7,9H,2-6H2,1H3,(H,11,12). The lowest BCUT2D eigenvalue weighted by Gasteiger charge is -2.31. The normalized spacial score (nSPS) is 25.2. The van der Waals surface area contributed by atoms with Gasteiger partial charge in [-0.3, -0.25) is 0 Å². The fourth-order valence-corrected chi connectivity index (χ4v) is 1.64. The van der Waals surface area contributed by atoms with Crippen molar-refractivity contribution >= 4 is 6.09 Å². The summed E-state index contributed by atoms with van der Waals surface area (Å²) in [6.07, 6.45) is 1.17. The molecule has 0 aromatic heterocycles. The van der Waals surface area contributed by atoms with Crippen molar-refractivity contribution in [2.75, 3.05) is 19.6 Å². The molecule has 0 aliphatic carbocycles. The molecule has 0 radical (unpaired) electrons. The highest BCUT2D eigenvalue weighted by molar-refractivity contribution is 5.64. The number of amides is 1. The molecule has 1 unspecified atom stereocenters. The summed E-state index contributed by atoms with van der Waals surface area (Å²) in [5, 5.41) is 11.0. The van der Waals surface area contributed by atoms with E-state index in [1.165, 1.54) is 0 Å². The fourth-order valence-electron chi connectivity index (χ4n) is 1.64. The van der Waals surface area contributed by atoms with Gasteiger partial charge in [-0.25, -0.2) is 4.79 Å². The van der Waals surface area contributed by atoms with E-state index in [2.05, 4.69) is 17.1 Å². The highest BCUT2D eigenvalue weighted by Gasteiger charge is 2.19. The summed E-state index contributed by atoms with van der Waals surface area (Å²) in [7, 11) is 0. The van der Waals surface area contributed by atoms with Crippen LogP contribution >= 0.6 is 0 Å². The Hall–Kier alpha value is -0.770. The van der Waals surface area contributed by atoms with Crippen LogP contribution in [0.5, 0.6) is 0 Å². The number of nitrogens with one attached hydrogen (secondary N) is 1. The van der Waals surface area contributed by atoms with Crippen molar-refractivity contribution in [1.82, 2.24) is 10.2 Å². The lowest BCUT2D eigenvalue weighted by Crippen LogP contribution is -2.47. The zero-order valence-corrected chi connectivity index (χ0v) is 7.42. The van der Waals surface area contributed by atoms with E-state index < -0.39 is 6.09 Å². The largest absolute Gasteiger partial charge is 0.465 e. The lowest BCUT2D eigenvalue weighted by molar-refractivity contribution is 0.166.